The molecule has 0 spiro atoms. The fourth-order valence-corrected chi connectivity index (χ4v) is 2.98. The van der Waals surface area contributed by atoms with E-state index in [9.17, 15) is 32.7 Å². The second kappa shape index (κ2) is 10.3. The highest BCUT2D eigenvalue weighted by Crippen LogP contribution is 2.21. The molecule has 27 heavy (non-hydrogen) atoms. The number of nitrogens with zero attached hydrogens (tertiary/aromatic N) is 1. The van der Waals surface area contributed by atoms with Crippen LogP contribution in [0.15, 0.2) is 12.2 Å². The highest BCUT2D eigenvalue weighted by molar-refractivity contribution is 5.93. The molecule has 0 aromatic heterocycles. The van der Waals surface area contributed by atoms with Crippen molar-refractivity contribution in [3.05, 3.63) is 12.2 Å². The average molecular weight is 393 g/mol. The van der Waals surface area contributed by atoms with Gasteiger partial charge in [-0.3, -0.25) is 14.4 Å². The molecule has 3 amide bonds. The third kappa shape index (κ3) is 7.20. The maximum absolute atomic E-state index is 12.6. The highest BCUT2D eigenvalue weighted by Gasteiger charge is 2.44. The van der Waals surface area contributed by atoms with Crippen LogP contribution in [0, 0.1) is 0 Å². The molecule has 3 atom stereocenters. The van der Waals surface area contributed by atoms with Gasteiger partial charge in [-0.1, -0.05) is 25.0 Å². The smallest absolute Gasteiger partial charge is 0.391 e. The van der Waals surface area contributed by atoms with E-state index >= 15 is 0 Å². The van der Waals surface area contributed by atoms with Crippen LogP contribution in [0.3, 0.4) is 0 Å². The third-order valence-corrected chi connectivity index (χ3v) is 4.35. The lowest BCUT2D eigenvalue weighted by molar-refractivity contribution is -0.175. The van der Waals surface area contributed by atoms with Gasteiger partial charge in [0.1, 0.15) is 12.1 Å². The molecule has 0 unspecified atom stereocenters. The quantitative estimate of drug-likeness (QED) is 0.401. The fourth-order valence-electron chi connectivity index (χ4n) is 2.98. The second-order valence-corrected chi connectivity index (χ2v) is 6.53. The van der Waals surface area contributed by atoms with E-state index in [1.54, 1.807) is 5.32 Å². The molecular formula is C17H26F3N3O4. The summed E-state index contributed by atoms with van der Waals surface area (Å²) in [5.41, 5.74) is 5.21. The Morgan fingerprint density at radius 2 is 1.96 bits per heavy atom. The number of aliphatic hydroxyl groups excluding tert-OH is 1. The summed E-state index contributed by atoms with van der Waals surface area (Å²) in [6, 6.07) is -2.54. The number of allylic oxidation sites excluding steroid dienone is 2. The summed E-state index contributed by atoms with van der Waals surface area (Å²) < 4.78 is 37.8. The van der Waals surface area contributed by atoms with Crippen LogP contribution in [0.1, 0.15) is 45.4 Å². The first-order chi connectivity index (χ1) is 12.6. The average Bonchev–Trinajstić information content (AvgIpc) is 2.97. The first kappa shape index (κ1) is 22.9. The molecule has 10 heteroatoms. The van der Waals surface area contributed by atoms with Crippen molar-refractivity contribution in [2.75, 3.05) is 6.54 Å². The molecule has 1 aliphatic rings. The van der Waals surface area contributed by atoms with Gasteiger partial charge in [0.15, 0.2) is 0 Å². The van der Waals surface area contributed by atoms with Gasteiger partial charge in [0.05, 0.1) is 6.10 Å². The van der Waals surface area contributed by atoms with Gasteiger partial charge in [-0.25, -0.2) is 0 Å². The number of nitrogens with one attached hydrogen (secondary N) is 1. The number of carbonyl (C=O) groups excluding carboxylic acids is 3. The minimum atomic E-state index is -5.13. The van der Waals surface area contributed by atoms with Crippen LogP contribution in [0.4, 0.5) is 13.2 Å². The lowest BCUT2D eigenvalue weighted by Crippen LogP contribution is -2.54. The van der Waals surface area contributed by atoms with Gasteiger partial charge in [0.25, 0.3) is 0 Å². The lowest BCUT2D eigenvalue weighted by Gasteiger charge is -2.28. The van der Waals surface area contributed by atoms with E-state index < -0.39 is 42.1 Å². The Bertz CT molecular complexity index is 566. The van der Waals surface area contributed by atoms with Crippen molar-refractivity contribution in [3.63, 3.8) is 0 Å². The lowest BCUT2D eigenvalue weighted by atomic mass is 10.0. The van der Waals surface area contributed by atoms with Crippen LogP contribution >= 0.6 is 0 Å². The Labute approximate surface area is 155 Å². The Hall–Kier alpha value is -2.10. The van der Waals surface area contributed by atoms with Gasteiger partial charge in [-0.2, -0.15) is 13.2 Å². The summed E-state index contributed by atoms with van der Waals surface area (Å²) >= 11 is 0. The highest BCUT2D eigenvalue weighted by atomic mass is 19.4. The number of hydrogen-bond acceptors (Lipinski definition) is 4. The molecule has 4 N–H and O–H groups in total. The molecule has 0 radical (unpaired) electrons. The third-order valence-electron chi connectivity index (χ3n) is 4.35. The molecule has 1 heterocycles. The van der Waals surface area contributed by atoms with Crippen molar-refractivity contribution in [3.8, 4) is 0 Å². The largest absolute Gasteiger partial charge is 0.471 e. The number of unbranched alkanes of at least 4 members (excludes halogenated alkanes) is 3. The van der Waals surface area contributed by atoms with Crippen molar-refractivity contribution in [1.82, 2.24) is 10.2 Å². The number of halogens is 3. The Kier molecular flexibility index (Phi) is 8.74. The molecule has 0 aromatic rings. The number of hydrogen-bond donors (Lipinski definition) is 3. The second-order valence-electron chi connectivity index (χ2n) is 6.53. The van der Waals surface area contributed by atoms with Crippen molar-refractivity contribution >= 4 is 17.7 Å². The van der Waals surface area contributed by atoms with Crippen LogP contribution in [-0.2, 0) is 14.4 Å². The van der Waals surface area contributed by atoms with Crippen LogP contribution in [0.2, 0.25) is 0 Å². The van der Waals surface area contributed by atoms with E-state index in [2.05, 4.69) is 0 Å². The number of aliphatic hydroxyl groups is 1. The zero-order valence-corrected chi connectivity index (χ0v) is 15.2. The Morgan fingerprint density at radius 3 is 2.52 bits per heavy atom. The van der Waals surface area contributed by atoms with E-state index in [1.807, 2.05) is 19.1 Å². The number of nitrogens with two attached hydrogens (primary N) is 1. The predicted octanol–water partition coefficient (Wildman–Crippen LogP) is 1.01. The summed E-state index contributed by atoms with van der Waals surface area (Å²) in [5, 5.41) is 11.4. The van der Waals surface area contributed by atoms with Gasteiger partial charge in [-0.05, 0) is 26.2 Å². The SMILES string of the molecule is C/C=C\CCCCC[C@H](NC(=O)C(F)(F)F)C(=O)N1C[C@H](O)C[C@H]1C(N)=O. The van der Waals surface area contributed by atoms with Crippen LogP contribution in [-0.4, -0.2) is 58.6 Å². The van der Waals surface area contributed by atoms with E-state index in [4.69, 9.17) is 5.73 Å². The van der Waals surface area contributed by atoms with Gasteiger partial charge in [0, 0.05) is 13.0 Å². The number of primary amides is 1. The standard InChI is InChI=1S/C17H26F3N3O4/c1-2-3-4-5-6-7-8-12(22-16(27)17(18,19)20)15(26)23-10-11(24)9-13(23)14(21)25/h2-3,11-13,24H,4-10H2,1H3,(H2,21,25)(H,22,27)/b3-2-/t11-,12+,13+/m1/s1. The number of alkyl halides is 3. The number of carbonyl (C=O) groups is 3. The van der Waals surface area contributed by atoms with Crippen LogP contribution in [0.5, 0.6) is 0 Å². The molecule has 7 nitrogen and oxygen atoms in total. The predicted molar refractivity (Wildman–Crippen MR) is 91.2 cm³/mol. The minimum absolute atomic E-state index is 0.00539. The molecule has 154 valence electrons. The van der Waals surface area contributed by atoms with Crippen molar-refractivity contribution < 1.29 is 32.7 Å². The first-order valence-corrected chi connectivity index (χ1v) is 8.84. The summed E-state index contributed by atoms with van der Waals surface area (Å²) in [5.74, 6) is -3.92. The zero-order chi connectivity index (χ0) is 20.6. The van der Waals surface area contributed by atoms with Gasteiger partial charge in [-0.15, -0.1) is 0 Å². The van der Waals surface area contributed by atoms with E-state index in [0.717, 1.165) is 17.7 Å². The van der Waals surface area contributed by atoms with Crippen molar-refractivity contribution in [2.24, 2.45) is 5.73 Å². The summed E-state index contributed by atoms with van der Waals surface area (Å²) in [6.07, 6.45) is 0.330. The Balaban J connectivity index is 2.80. The van der Waals surface area contributed by atoms with Crippen molar-refractivity contribution in [1.29, 1.82) is 0 Å². The van der Waals surface area contributed by atoms with Crippen molar-refractivity contribution in [2.45, 2.75) is 69.8 Å². The van der Waals surface area contributed by atoms with E-state index in [-0.39, 0.29) is 19.4 Å². The molecule has 0 aromatic carbocycles. The summed E-state index contributed by atoms with van der Waals surface area (Å²) in [4.78, 5) is 36.4. The summed E-state index contributed by atoms with van der Waals surface area (Å²) in [7, 11) is 0. The topological polar surface area (TPSA) is 113 Å². The molecule has 1 aliphatic heterocycles. The van der Waals surface area contributed by atoms with E-state index in [0.29, 0.717) is 12.8 Å². The maximum atomic E-state index is 12.6. The van der Waals surface area contributed by atoms with Gasteiger partial charge >= 0.3 is 12.1 Å². The molecule has 1 saturated heterocycles. The molecule has 0 aliphatic carbocycles. The van der Waals surface area contributed by atoms with Gasteiger partial charge in [0.2, 0.25) is 11.8 Å². The number of β-amino-alcohol motifs (C(OH)–C–C–N with tert-alkyl or cyclic N) is 1. The van der Waals surface area contributed by atoms with Crippen LogP contribution in [0.25, 0.3) is 0 Å². The van der Waals surface area contributed by atoms with Gasteiger partial charge < -0.3 is 21.1 Å². The monoisotopic (exact) mass is 393 g/mol. The van der Waals surface area contributed by atoms with E-state index in [1.165, 1.54) is 0 Å². The minimum Gasteiger partial charge on any atom is -0.391 e. The maximum Gasteiger partial charge on any atom is 0.471 e. The summed E-state index contributed by atoms with van der Waals surface area (Å²) in [6.45, 7) is 1.66. The normalized spacial score (nSPS) is 21.4. The molecule has 1 fully saturated rings. The molecule has 0 saturated carbocycles. The van der Waals surface area contributed by atoms with Crippen LogP contribution < -0.4 is 11.1 Å². The number of likely N-dealkylation sites (tertiary alicyclic amines) is 1. The number of amides is 3. The first-order valence-electron chi connectivity index (χ1n) is 8.84. The fraction of sp³-hybridized carbons (Fsp3) is 0.706. The zero-order valence-electron chi connectivity index (χ0n) is 15.2. The molecule has 1 rings (SSSR count). The Morgan fingerprint density at radius 1 is 1.30 bits per heavy atom. The molecular weight excluding hydrogens is 367 g/mol. The molecule has 0 bridgehead atoms. The number of rotatable bonds is 9.